The molecule has 0 fully saturated rings. The molecule has 2 aromatic rings. The standard InChI is InChI=1S/C15H18N2O2/c1-2-7-19-15(18)13-8-11-10-5-3-4-6-12(10)17-14(11)9-16-13/h3-6,13,16-17H,2,7-9H2,1H3/t13-/m1/s1. The highest BCUT2D eigenvalue weighted by Gasteiger charge is 2.27. The lowest BCUT2D eigenvalue weighted by Crippen LogP contribution is -2.42. The average molecular weight is 258 g/mol. The van der Waals surface area contributed by atoms with Gasteiger partial charge in [-0.05, 0) is 18.1 Å². The first-order chi connectivity index (χ1) is 9.29. The van der Waals surface area contributed by atoms with Crippen LogP contribution in [0, 0.1) is 0 Å². The fraction of sp³-hybridized carbons (Fsp3) is 0.400. The number of nitrogens with one attached hydrogen (secondary N) is 2. The average Bonchev–Trinajstić information content (AvgIpc) is 2.82. The van der Waals surface area contributed by atoms with Crippen molar-refractivity contribution in [3.05, 3.63) is 35.5 Å². The molecule has 0 amide bonds. The van der Waals surface area contributed by atoms with Gasteiger partial charge in [-0.3, -0.25) is 10.1 Å². The number of ether oxygens (including phenoxy) is 1. The minimum atomic E-state index is -0.224. The second-order valence-corrected chi connectivity index (χ2v) is 4.93. The van der Waals surface area contributed by atoms with E-state index >= 15 is 0 Å². The smallest absolute Gasteiger partial charge is 0.323 e. The molecule has 2 heterocycles. The van der Waals surface area contributed by atoms with Gasteiger partial charge in [-0.25, -0.2) is 0 Å². The van der Waals surface area contributed by atoms with E-state index in [-0.39, 0.29) is 12.0 Å². The van der Waals surface area contributed by atoms with E-state index < -0.39 is 0 Å². The van der Waals surface area contributed by atoms with Crippen LogP contribution in [-0.2, 0) is 22.5 Å². The highest BCUT2D eigenvalue weighted by Crippen LogP contribution is 2.26. The molecule has 0 unspecified atom stereocenters. The van der Waals surface area contributed by atoms with Crippen molar-refractivity contribution in [2.75, 3.05) is 6.61 Å². The van der Waals surface area contributed by atoms with Crippen LogP contribution in [0.4, 0.5) is 0 Å². The Hall–Kier alpha value is -1.81. The lowest BCUT2D eigenvalue weighted by atomic mass is 9.99. The fourth-order valence-electron chi connectivity index (χ4n) is 2.61. The quantitative estimate of drug-likeness (QED) is 0.829. The zero-order valence-corrected chi connectivity index (χ0v) is 11.0. The van der Waals surface area contributed by atoms with Gasteiger partial charge in [0.1, 0.15) is 6.04 Å². The maximum atomic E-state index is 11.9. The van der Waals surface area contributed by atoms with E-state index in [9.17, 15) is 4.79 Å². The number of fused-ring (bicyclic) bond motifs is 3. The van der Waals surface area contributed by atoms with Crippen molar-refractivity contribution in [2.45, 2.75) is 32.4 Å². The topological polar surface area (TPSA) is 54.1 Å². The number of aromatic nitrogens is 1. The molecule has 1 aliphatic rings. The summed E-state index contributed by atoms with van der Waals surface area (Å²) in [6, 6.07) is 7.99. The van der Waals surface area contributed by atoms with Crippen molar-refractivity contribution in [3.8, 4) is 0 Å². The van der Waals surface area contributed by atoms with Crippen LogP contribution < -0.4 is 5.32 Å². The van der Waals surface area contributed by atoms with Gasteiger partial charge in [0, 0.05) is 29.6 Å². The van der Waals surface area contributed by atoms with E-state index in [0.29, 0.717) is 19.6 Å². The number of benzene rings is 1. The van der Waals surface area contributed by atoms with Gasteiger partial charge in [-0.2, -0.15) is 0 Å². The summed E-state index contributed by atoms with van der Waals surface area (Å²) in [6.07, 6.45) is 1.55. The molecule has 19 heavy (non-hydrogen) atoms. The van der Waals surface area contributed by atoms with Crippen molar-refractivity contribution >= 4 is 16.9 Å². The Labute approximate surface area is 112 Å². The van der Waals surface area contributed by atoms with Gasteiger partial charge in [-0.1, -0.05) is 25.1 Å². The molecule has 0 radical (unpaired) electrons. The number of H-pyrrole nitrogens is 1. The Morgan fingerprint density at radius 2 is 2.26 bits per heavy atom. The van der Waals surface area contributed by atoms with Gasteiger partial charge >= 0.3 is 5.97 Å². The third-order valence-corrected chi connectivity index (χ3v) is 3.57. The zero-order chi connectivity index (χ0) is 13.2. The minimum Gasteiger partial charge on any atom is -0.465 e. The largest absolute Gasteiger partial charge is 0.465 e. The number of carbonyl (C=O) groups excluding carboxylic acids is 1. The molecule has 3 rings (SSSR count). The number of aromatic amines is 1. The van der Waals surface area contributed by atoms with Crippen LogP contribution in [0.15, 0.2) is 24.3 Å². The van der Waals surface area contributed by atoms with Crippen LogP contribution >= 0.6 is 0 Å². The summed E-state index contributed by atoms with van der Waals surface area (Å²) in [4.78, 5) is 15.3. The number of hydrogen-bond donors (Lipinski definition) is 2. The Bertz CT molecular complexity index is 603. The minimum absolute atomic E-state index is 0.141. The van der Waals surface area contributed by atoms with Gasteiger partial charge in [0.25, 0.3) is 0 Å². The molecule has 100 valence electrons. The van der Waals surface area contributed by atoms with E-state index in [1.807, 2.05) is 19.1 Å². The first kappa shape index (κ1) is 12.2. The number of hydrogen-bond acceptors (Lipinski definition) is 3. The fourth-order valence-corrected chi connectivity index (χ4v) is 2.61. The van der Waals surface area contributed by atoms with Crippen LogP contribution in [-0.4, -0.2) is 23.6 Å². The van der Waals surface area contributed by atoms with E-state index in [4.69, 9.17) is 4.74 Å². The molecule has 0 saturated carbocycles. The molecule has 0 bridgehead atoms. The van der Waals surface area contributed by atoms with Crippen molar-refractivity contribution in [1.29, 1.82) is 0 Å². The molecule has 4 nitrogen and oxygen atoms in total. The third kappa shape index (κ3) is 2.24. The first-order valence-electron chi connectivity index (χ1n) is 6.78. The molecule has 0 saturated heterocycles. The van der Waals surface area contributed by atoms with Gasteiger partial charge < -0.3 is 9.72 Å². The molecule has 1 aliphatic heterocycles. The van der Waals surface area contributed by atoms with Crippen molar-refractivity contribution < 1.29 is 9.53 Å². The van der Waals surface area contributed by atoms with Gasteiger partial charge in [0.05, 0.1) is 6.61 Å². The van der Waals surface area contributed by atoms with Crippen LogP contribution in [0.5, 0.6) is 0 Å². The Balaban J connectivity index is 1.84. The van der Waals surface area contributed by atoms with Crippen LogP contribution in [0.3, 0.4) is 0 Å². The molecule has 1 aromatic heterocycles. The number of para-hydroxylation sites is 1. The number of carbonyl (C=O) groups is 1. The maximum Gasteiger partial charge on any atom is 0.323 e. The van der Waals surface area contributed by atoms with Crippen LogP contribution in [0.2, 0.25) is 0 Å². The highest BCUT2D eigenvalue weighted by atomic mass is 16.5. The van der Waals surface area contributed by atoms with E-state index in [0.717, 1.165) is 11.9 Å². The normalized spacial score (nSPS) is 18.3. The number of rotatable bonds is 3. The summed E-state index contributed by atoms with van der Waals surface area (Å²) >= 11 is 0. The van der Waals surface area contributed by atoms with Gasteiger partial charge in [-0.15, -0.1) is 0 Å². The summed E-state index contributed by atoms with van der Waals surface area (Å²) in [5, 5.41) is 4.45. The number of esters is 1. The highest BCUT2D eigenvalue weighted by molar-refractivity contribution is 5.86. The van der Waals surface area contributed by atoms with Crippen molar-refractivity contribution in [3.63, 3.8) is 0 Å². The van der Waals surface area contributed by atoms with Gasteiger partial charge in [0.2, 0.25) is 0 Å². The Morgan fingerprint density at radius 3 is 3.11 bits per heavy atom. The Kier molecular flexibility index (Phi) is 3.25. The molecular weight excluding hydrogens is 240 g/mol. The lowest BCUT2D eigenvalue weighted by Gasteiger charge is -2.22. The monoisotopic (exact) mass is 258 g/mol. The van der Waals surface area contributed by atoms with Crippen molar-refractivity contribution in [2.24, 2.45) is 0 Å². The summed E-state index contributed by atoms with van der Waals surface area (Å²) in [5.74, 6) is -0.141. The SMILES string of the molecule is CCCOC(=O)[C@H]1Cc2c([nH]c3ccccc23)CN1. The summed E-state index contributed by atoms with van der Waals surface area (Å²) < 4.78 is 5.22. The molecular formula is C15H18N2O2. The Morgan fingerprint density at radius 1 is 1.42 bits per heavy atom. The second-order valence-electron chi connectivity index (χ2n) is 4.93. The predicted octanol–water partition coefficient (Wildman–Crippen LogP) is 2.14. The van der Waals surface area contributed by atoms with E-state index in [2.05, 4.69) is 22.4 Å². The van der Waals surface area contributed by atoms with Crippen LogP contribution in [0.1, 0.15) is 24.6 Å². The third-order valence-electron chi connectivity index (χ3n) is 3.57. The predicted molar refractivity (Wildman–Crippen MR) is 73.9 cm³/mol. The lowest BCUT2D eigenvalue weighted by molar-refractivity contribution is -0.146. The molecule has 1 atom stereocenters. The second kappa shape index (κ2) is 5.05. The molecule has 0 spiro atoms. The summed E-state index contributed by atoms with van der Waals surface area (Å²) in [6.45, 7) is 3.19. The maximum absolute atomic E-state index is 11.9. The van der Waals surface area contributed by atoms with Gasteiger partial charge in [0.15, 0.2) is 0 Å². The summed E-state index contributed by atoms with van der Waals surface area (Å²) in [7, 11) is 0. The van der Waals surface area contributed by atoms with Crippen molar-refractivity contribution in [1.82, 2.24) is 10.3 Å². The molecule has 1 aromatic carbocycles. The van der Waals surface area contributed by atoms with Crippen LogP contribution in [0.25, 0.3) is 10.9 Å². The molecule has 2 N–H and O–H groups in total. The zero-order valence-electron chi connectivity index (χ0n) is 11.0. The first-order valence-corrected chi connectivity index (χ1v) is 6.78. The molecule has 4 heteroatoms. The van der Waals surface area contributed by atoms with E-state index in [1.165, 1.54) is 16.6 Å². The van der Waals surface area contributed by atoms with E-state index in [1.54, 1.807) is 0 Å². The molecule has 0 aliphatic carbocycles. The summed E-state index contributed by atoms with van der Waals surface area (Å²) in [5.41, 5.74) is 3.56.